The molecule has 0 atom stereocenters. The summed E-state index contributed by atoms with van der Waals surface area (Å²) >= 11 is 19.2. The first-order valence-corrected chi connectivity index (χ1v) is 11.6. The Morgan fingerprint density at radius 1 is 0.879 bits per heavy atom. The second-order valence-corrected chi connectivity index (χ2v) is 10.1. The van der Waals surface area contributed by atoms with Crippen LogP contribution in [0.3, 0.4) is 0 Å². The lowest BCUT2D eigenvalue weighted by Gasteiger charge is -2.40. The summed E-state index contributed by atoms with van der Waals surface area (Å²) in [4.78, 5) is 16.1. The van der Waals surface area contributed by atoms with Crippen molar-refractivity contribution in [1.82, 2.24) is 5.32 Å². The van der Waals surface area contributed by atoms with Crippen molar-refractivity contribution in [3.05, 3.63) is 108 Å². The van der Waals surface area contributed by atoms with Gasteiger partial charge in [0.2, 0.25) is 0 Å². The molecule has 3 aromatic carbocycles. The van der Waals surface area contributed by atoms with Gasteiger partial charge in [0, 0.05) is 6.54 Å². The Labute approximate surface area is 208 Å². The van der Waals surface area contributed by atoms with Gasteiger partial charge in [-0.3, -0.25) is 4.79 Å². The highest BCUT2D eigenvalue weighted by atomic mass is 35.6. The Balaban J connectivity index is 1.92. The summed E-state index contributed by atoms with van der Waals surface area (Å²) in [5.41, 5.74) is 3.06. The van der Waals surface area contributed by atoms with Crippen LogP contribution in [0.25, 0.3) is 0 Å². The molecule has 1 heterocycles. The number of rotatable bonds is 6. The van der Waals surface area contributed by atoms with Crippen LogP contribution in [0.1, 0.15) is 12.5 Å². The number of benzene rings is 3. The van der Waals surface area contributed by atoms with Crippen LogP contribution >= 0.6 is 34.8 Å². The van der Waals surface area contributed by atoms with E-state index in [-0.39, 0.29) is 23.0 Å². The highest BCUT2D eigenvalue weighted by molar-refractivity contribution is 6.92. The number of nitrogens with one attached hydrogen (secondary N) is 2. The molecular weight excluding hydrogens is 477 g/mol. The monoisotopic (exact) mass is 498 g/mol. The molecule has 1 aliphatic heterocycles. The van der Waals surface area contributed by atoms with E-state index in [0.717, 1.165) is 16.5 Å². The minimum atomic E-state index is -2.12. The topological polar surface area (TPSA) is 52.3 Å². The molecule has 0 spiro atoms. The molecule has 8 heteroatoms. The van der Waals surface area contributed by atoms with Crippen molar-refractivity contribution in [2.45, 2.75) is 17.3 Å². The summed E-state index contributed by atoms with van der Waals surface area (Å²) in [7, 11) is 0. The van der Waals surface area contributed by atoms with Crippen molar-refractivity contribution in [1.29, 1.82) is 0 Å². The molecule has 0 saturated heterocycles. The van der Waals surface area contributed by atoms with E-state index >= 15 is 0 Å². The van der Waals surface area contributed by atoms with Gasteiger partial charge >= 0.3 is 6.48 Å². The number of allylic oxidation sites excluding steroid dienone is 1. The predicted molar refractivity (Wildman–Crippen MR) is 136 cm³/mol. The van der Waals surface area contributed by atoms with E-state index in [1.54, 1.807) is 0 Å². The predicted octanol–water partition coefficient (Wildman–Crippen LogP) is 2.76. The summed E-state index contributed by atoms with van der Waals surface area (Å²) in [5.74, 6) is -0.0240. The summed E-state index contributed by atoms with van der Waals surface area (Å²) in [6.07, 6.45) is 0. The van der Waals surface area contributed by atoms with Crippen LogP contribution in [0.4, 0.5) is 0 Å². The fourth-order valence-corrected chi connectivity index (χ4v) is 4.51. The van der Waals surface area contributed by atoms with Crippen LogP contribution in [-0.4, -0.2) is 21.8 Å². The van der Waals surface area contributed by atoms with Gasteiger partial charge in [0.1, 0.15) is 5.57 Å². The largest absolute Gasteiger partial charge is 0.638 e. The first-order chi connectivity index (χ1) is 15.8. The van der Waals surface area contributed by atoms with Crippen molar-refractivity contribution in [3.63, 3.8) is 0 Å². The molecule has 0 saturated carbocycles. The molecule has 168 valence electrons. The maximum Gasteiger partial charge on any atom is 0.507 e. The number of carbonyl (C=O) groups is 1. The summed E-state index contributed by atoms with van der Waals surface area (Å²) < 4.78 is 4.78. The van der Waals surface area contributed by atoms with Gasteiger partial charge in [0.15, 0.2) is 17.4 Å². The lowest BCUT2D eigenvalue weighted by atomic mass is 9.42. The zero-order chi connectivity index (χ0) is 23.5. The van der Waals surface area contributed by atoms with Crippen molar-refractivity contribution in [2.75, 3.05) is 0 Å². The third-order valence-corrected chi connectivity index (χ3v) is 6.16. The second-order valence-electron chi connectivity index (χ2n) is 7.84. The molecule has 0 amide bonds. The van der Waals surface area contributed by atoms with Gasteiger partial charge in [-0.2, -0.15) is 0 Å². The molecule has 0 aromatic heterocycles. The second kappa shape index (κ2) is 9.64. The molecule has 0 radical (unpaired) electrons. The van der Waals surface area contributed by atoms with Crippen molar-refractivity contribution in [2.24, 2.45) is 0 Å². The smallest absolute Gasteiger partial charge is 0.507 e. The molecule has 0 bridgehead atoms. The van der Waals surface area contributed by atoms with E-state index in [2.05, 4.69) is 10.2 Å². The molecular formula is C25H22BCl3N2O2. The van der Waals surface area contributed by atoms with Gasteiger partial charge in [-0.25, -0.2) is 0 Å². The molecule has 0 fully saturated rings. The minimum absolute atomic E-state index is 0.175. The average Bonchev–Trinajstić information content (AvgIpc) is 2.83. The Kier molecular flexibility index (Phi) is 6.85. The molecule has 33 heavy (non-hydrogen) atoms. The maximum absolute atomic E-state index is 12.8. The minimum Gasteiger partial charge on any atom is -0.638 e. The lowest BCUT2D eigenvalue weighted by molar-refractivity contribution is -0.325. The van der Waals surface area contributed by atoms with E-state index in [1.807, 2.05) is 91.0 Å². The van der Waals surface area contributed by atoms with Crippen LogP contribution in [0, 0.1) is 0 Å². The van der Waals surface area contributed by atoms with Gasteiger partial charge in [0.25, 0.3) is 3.79 Å². The van der Waals surface area contributed by atoms with Gasteiger partial charge < -0.3 is 14.9 Å². The Hall–Kier alpha value is -2.73. The van der Waals surface area contributed by atoms with Crippen molar-refractivity contribution >= 4 is 63.7 Å². The molecule has 4 nitrogen and oxygen atoms in total. The number of ketones is 1. The van der Waals surface area contributed by atoms with Gasteiger partial charge in [-0.15, -0.1) is 0 Å². The number of hydrogen-bond acceptors (Lipinski definition) is 3. The highest BCUT2D eigenvalue weighted by Crippen LogP contribution is 2.32. The van der Waals surface area contributed by atoms with E-state index in [4.69, 9.17) is 39.5 Å². The van der Waals surface area contributed by atoms with Gasteiger partial charge in [-0.05, 0) is 12.5 Å². The lowest BCUT2D eigenvalue weighted by Crippen LogP contribution is -3.03. The number of Topliss-reactive ketones (excluding diaryl/α,β-unsaturated/α-hetero) is 1. The standard InChI is InChI=1S/C25H22BCl3N2O2/c1-18(32)22-23(25(27,28)29)31-26(20-13-7-3-8-14-20,21-15-9-4-10-16-21)33-24(22)30-17-19-11-5-2-6-12-19/h2-16,30-31H,17H2,1H3. The number of hydrogen-bond donors (Lipinski definition) is 2. The van der Waals surface area contributed by atoms with Crippen LogP contribution < -0.4 is 21.1 Å². The number of carbonyl (C=O) groups excluding carboxylic acids is 1. The Bertz CT molecular complexity index is 1160. The van der Waals surface area contributed by atoms with Crippen LogP contribution in [0.2, 0.25) is 0 Å². The fraction of sp³-hybridized carbons (Fsp3) is 0.120. The van der Waals surface area contributed by atoms with Crippen molar-refractivity contribution in [3.8, 4) is 0 Å². The van der Waals surface area contributed by atoms with E-state index in [9.17, 15) is 4.79 Å². The summed E-state index contributed by atoms with van der Waals surface area (Å²) in [5, 5.41) is 3.28. The molecule has 0 aliphatic carbocycles. The summed E-state index contributed by atoms with van der Waals surface area (Å²) in [6.45, 7) is -0.275. The fourth-order valence-electron chi connectivity index (χ4n) is 4.07. The third-order valence-electron chi connectivity index (χ3n) is 5.59. The zero-order valence-corrected chi connectivity index (χ0v) is 20.2. The van der Waals surface area contributed by atoms with E-state index in [0.29, 0.717) is 6.54 Å². The Morgan fingerprint density at radius 3 is 1.82 bits per heavy atom. The zero-order valence-electron chi connectivity index (χ0n) is 17.9. The summed E-state index contributed by atoms with van der Waals surface area (Å²) in [6, 6.07) is 29.1. The van der Waals surface area contributed by atoms with E-state index < -0.39 is 10.3 Å². The normalized spacial score (nSPS) is 15.5. The molecule has 4 rings (SSSR count). The molecule has 2 N–H and O–H groups in total. The average molecular weight is 500 g/mol. The molecule has 3 aromatic rings. The first-order valence-electron chi connectivity index (χ1n) is 10.5. The van der Waals surface area contributed by atoms with Gasteiger partial charge in [0.05, 0.1) is 0 Å². The third kappa shape index (κ3) is 4.96. The number of halogens is 3. The molecule has 1 aliphatic rings. The van der Waals surface area contributed by atoms with Crippen LogP contribution in [-0.2, 0) is 16.0 Å². The Morgan fingerprint density at radius 2 is 1.36 bits per heavy atom. The first kappa shape index (κ1) is 23.4. The number of alkyl halides is 3. The van der Waals surface area contributed by atoms with Gasteiger partial charge in [-0.1, -0.05) is 137 Å². The van der Waals surface area contributed by atoms with Crippen molar-refractivity contribution < 1.29 is 14.4 Å². The maximum atomic E-state index is 12.8. The van der Waals surface area contributed by atoms with Crippen LogP contribution in [0.5, 0.6) is 0 Å². The quantitative estimate of drug-likeness (QED) is 0.405. The van der Waals surface area contributed by atoms with Crippen LogP contribution in [0.15, 0.2) is 102 Å². The highest BCUT2D eigenvalue weighted by Gasteiger charge is 2.51. The SMILES string of the molecule is CC(=O)C1=C(NCc2ccccc2)O[B-](c2ccccc2)(c2ccccc2)[NH+]=C1C(Cl)(Cl)Cl. The van der Waals surface area contributed by atoms with E-state index in [1.165, 1.54) is 6.92 Å². The molecule has 0 unspecified atom stereocenters.